The number of hydrogen-bond donors (Lipinski definition) is 0. The van der Waals surface area contributed by atoms with Gasteiger partial charge in [0, 0.05) is 53.4 Å². The third kappa shape index (κ3) is 4.13. The Bertz CT molecular complexity index is 1380. The van der Waals surface area contributed by atoms with Crippen molar-refractivity contribution in [1.82, 2.24) is 0 Å². The van der Waals surface area contributed by atoms with Crippen molar-refractivity contribution in [3.05, 3.63) is 47.0 Å². The number of rotatable bonds is 6. The molecule has 9 heteroatoms. The van der Waals surface area contributed by atoms with Crippen molar-refractivity contribution in [1.29, 1.82) is 0 Å². The smallest absolute Gasteiger partial charge is 0.333 e. The molecule has 4 fully saturated rings. The van der Waals surface area contributed by atoms with Gasteiger partial charge in [0.1, 0.15) is 12.2 Å². The topological polar surface area (TPSA) is 111 Å². The highest BCUT2D eigenvalue weighted by Crippen LogP contribution is 2.74. The summed E-state index contributed by atoms with van der Waals surface area (Å²) in [5.41, 5.74) is 2.08. The van der Waals surface area contributed by atoms with E-state index in [1.807, 2.05) is 6.07 Å². The van der Waals surface area contributed by atoms with Gasteiger partial charge in [-0.15, -0.1) is 0 Å². The molecule has 3 heterocycles. The summed E-state index contributed by atoms with van der Waals surface area (Å²) < 4.78 is 36.8. The Morgan fingerprint density at radius 2 is 1.84 bits per heavy atom. The molecule has 1 aromatic rings. The van der Waals surface area contributed by atoms with E-state index in [4.69, 9.17) is 28.1 Å². The first-order valence-corrected chi connectivity index (χ1v) is 15.4. The second-order valence-electron chi connectivity index (χ2n) is 13.9. The first kappa shape index (κ1) is 30.1. The van der Waals surface area contributed by atoms with E-state index in [9.17, 15) is 14.4 Å². The lowest BCUT2D eigenvalue weighted by atomic mass is 9.40. The maximum atomic E-state index is 13.4. The Kier molecular flexibility index (Phi) is 7.24. The summed E-state index contributed by atoms with van der Waals surface area (Å²) in [5.74, 6) is -1.54. The molecule has 0 N–H and O–H groups in total. The van der Waals surface area contributed by atoms with Crippen molar-refractivity contribution in [3.8, 4) is 0 Å². The highest BCUT2D eigenvalue weighted by atomic mass is 16.6. The second-order valence-corrected chi connectivity index (χ2v) is 13.9. The average Bonchev–Trinajstić information content (AvgIpc) is 3.73. The molecule has 6 rings (SSSR count). The Morgan fingerprint density at radius 3 is 2.47 bits per heavy atom. The van der Waals surface area contributed by atoms with E-state index in [1.165, 1.54) is 25.2 Å². The lowest BCUT2D eigenvalue weighted by molar-refractivity contribution is -0.251. The number of carbonyl (C=O) groups excluding carboxylic acids is 3. The van der Waals surface area contributed by atoms with Crippen LogP contribution in [0.2, 0.25) is 0 Å². The summed E-state index contributed by atoms with van der Waals surface area (Å²) in [5, 5.41) is 0. The molecule has 1 aromatic heterocycles. The maximum Gasteiger partial charge on any atom is 0.333 e. The molecule has 5 aliphatic rings. The van der Waals surface area contributed by atoms with Crippen LogP contribution in [0.25, 0.3) is 0 Å². The molecule has 234 valence electrons. The number of hydrogen-bond acceptors (Lipinski definition) is 9. The van der Waals surface area contributed by atoms with Crippen molar-refractivity contribution in [3.63, 3.8) is 0 Å². The fourth-order valence-corrected chi connectivity index (χ4v) is 10.0. The Balaban J connectivity index is 1.55. The molecule has 0 unspecified atom stereocenters. The molecule has 2 aliphatic heterocycles. The lowest BCUT2D eigenvalue weighted by Gasteiger charge is -2.65. The van der Waals surface area contributed by atoms with Crippen LogP contribution >= 0.6 is 0 Å². The number of fused-ring (bicyclic) bond motifs is 4. The first-order chi connectivity index (χ1) is 20.3. The van der Waals surface area contributed by atoms with Crippen molar-refractivity contribution in [2.75, 3.05) is 13.7 Å². The minimum absolute atomic E-state index is 0.122. The van der Waals surface area contributed by atoms with E-state index in [0.29, 0.717) is 18.6 Å². The maximum absolute atomic E-state index is 13.4. The number of methoxy groups -OCH3 is 1. The minimum Gasteiger partial charge on any atom is -0.472 e. The molecule has 2 saturated heterocycles. The minimum atomic E-state index is -0.741. The largest absolute Gasteiger partial charge is 0.472 e. The summed E-state index contributed by atoms with van der Waals surface area (Å²) in [7, 11) is 1.41. The fraction of sp³-hybridized carbons (Fsp3) is 0.676. The summed E-state index contributed by atoms with van der Waals surface area (Å²) >= 11 is 0. The molecular weight excluding hydrogens is 552 g/mol. The average molecular weight is 597 g/mol. The number of ether oxygens (including phenoxy) is 5. The van der Waals surface area contributed by atoms with E-state index in [2.05, 4.69) is 27.7 Å². The van der Waals surface area contributed by atoms with Gasteiger partial charge in [0.15, 0.2) is 0 Å². The predicted molar refractivity (Wildman–Crippen MR) is 155 cm³/mol. The summed E-state index contributed by atoms with van der Waals surface area (Å²) in [4.78, 5) is 39.0. The number of esters is 3. The summed E-state index contributed by atoms with van der Waals surface area (Å²) in [6, 6.07) is 2.00. The van der Waals surface area contributed by atoms with E-state index in [1.54, 1.807) is 32.4 Å². The highest BCUT2D eigenvalue weighted by Gasteiger charge is 2.78. The molecule has 43 heavy (non-hydrogen) atoms. The zero-order chi connectivity index (χ0) is 31.1. The Labute approximate surface area is 253 Å². The summed E-state index contributed by atoms with van der Waals surface area (Å²) in [6.07, 6.45) is 4.39. The van der Waals surface area contributed by atoms with Gasteiger partial charge in [-0.2, -0.15) is 0 Å². The molecule has 9 nitrogen and oxygen atoms in total. The van der Waals surface area contributed by atoms with Gasteiger partial charge in [-0.05, 0) is 50.3 Å². The van der Waals surface area contributed by atoms with Crippen LogP contribution in [0.1, 0.15) is 79.2 Å². The third-order valence-electron chi connectivity index (χ3n) is 12.0. The van der Waals surface area contributed by atoms with Gasteiger partial charge in [-0.1, -0.05) is 32.4 Å². The Morgan fingerprint density at radius 1 is 1.09 bits per heavy atom. The fourth-order valence-electron chi connectivity index (χ4n) is 10.0. The van der Waals surface area contributed by atoms with Gasteiger partial charge >= 0.3 is 17.9 Å². The van der Waals surface area contributed by atoms with E-state index in [-0.39, 0.29) is 48.5 Å². The second kappa shape index (κ2) is 10.3. The van der Waals surface area contributed by atoms with Gasteiger partial charge in [-0.3, -0.25) is 9.59 Å². The molecule has 11 atom stereocenters. The number of furan rings is 1. The van der Waals surface area contributed by atoms with Crippen LogP contribution in [0.5, 0.6) is 0 Å². The number of carbonyl (C=O) groups is 3. The van der Waals surface area contributed by atoms with E-state index < -0.39 is 40.4 Å². The molecule has 3 aliphatic carbocycles. The third-order valence-corrected chi connectivity index (χ3v) is 12.0. The van der Waals surface area contributed by atoms with Crippen molar-refractivity contribution < 1.29 is 42.5 Å². The van der Waals surface area contributed by atoms with Crippen LogP contribution in [0.3, 0.4) is 0 Å². The van der Waals surface area contributed by atoms with Crippen LogP contribution in [0.15, 0.2) is 45.8 Å². The van der Waals surface area contributed by atoms with Crippen LogP contribution < -0.4 is 0 Å². The van der Waals surface area contributed by atoms with Crippen molar-refractivity contribution in [2.24, 2.45) is 28.1 Å². The molecule has 0 radical (unpaired) electrons. The molecule has 2 saturated carbocycles. The Hall–Kier alpha value is -2.91. The van der Waals surface area contributed by atoms with Crippen LogP contribution in [0.4, 0.5) is 0 Å². The van der Waals surface area contributed by atoms with Crippen molar-refractivity contribution >= 4 is 17.9 Å². The monoisotopic (exact) mass is 596 g/mol. The first-order valence-electron chi connectivity index (χ1n) is 15.4. The van der Waals surface area contributed by atoms with Crippen LogP contribution in [0, 0.1) is 28.1 Å². The highest BCUT2D eigenvalue weighted by molar-refractivity contribution is 5.87. The van der Waals surface area contributed by atoms with E-state index in [0.717, 1.165) is 12.0 Å². The SMILES string of the molecule is CC=C(C)C(=O)O[C@H]1C[C@@H](OC(C)=O)[C@@]2(C)CO[C@H]3[C@H]4O[C@H]5C[C@@H](c6ccoc6)C(C)=C5[C@@]4(C)[C@H](CC(=O)OC)[C@@]1(C)[C@@H]32. The van der Waals surface area contributed by atoms with Crippen LogP contribution in [-0.4, -0.2) is 62.1 Å². The lowest BCUT2D eigenvalue weighted by Crippen LogP contribution is -2.71. The molecule has 0 aromatic carbocycles. The predicted octanol–water partition coefficient (Wildman–Crippen LogP) is 5.29. The normalized spacial score (nSPS) is 43.1. The van der Waals surface area contributed by atoms with Gasteiger partial charge < -0.3 is 28.1 Å². The van der Waals surface area contributed by atoms with Gasteiger partial charge in [-0.25, -0.2) is 4.79 Å². The van der Waals surface area contributed by atoms with Crippen LogP contribution in [-0.2, 0) is 38.1 Å². The zero-order valence-corrected chi connectivity index (χ0v) is 26.4. The molecular formula is C34H44O9. The van der Waals surface area contributed by atoms with Crippen molar-refractivity contribution in [2.45, 2.75) is 104 Å². The van der Waals surface area contributed by atoms with Gasteiger partial charge in [0.2, 0.25) is 0 Å². The standard InChI is InChI=1S/C34H44O9/c1-9-17(2)31(37)43-25-14-24(41-19(4)35)32(5)16-40-28-29(32)33(25,6)23(13-26(36)38-8)34(7)27-18(3)21(20-10-11-39-15-20)12-22(27)42-30(28)34/h9-11,15,21-25,28-30H,12-14,16H2,1-8H3/t21-,22+,23-,24-,25+,28-,29+,30-,32-,33-,34-/m1/s1. The molecule has 0 bridgehead atoms. The zero-order valence-electron chi connectivity index (χ0n) is 26.4. The van der Waals surface area contributed by atoms with Gasteiger partial charge in [0.05, 0.1) is 44.6 Å². The van der Waals surface area contributed by atoms with E-state index >= 15 is 0 Å². The summed E-state index contributed by atoms with van der Waals surface area (Å²) in [6.45, 7) is 13.9. The van der Waals surface area contributed by atoms with Gasteiger partial charge in [0.25, 0.3) is 0 Å². The number of allylic oxidation sites excluding steroid dienone is 2. The molecule has 0 amide bonds. The molecule has 0 spiro atoms. The quantitative estimate of drug-likeness (QED) is 0.187.